The predicted molar refractivity (Wildman–Crippen MR) is 106 cm³/mol. The number of hydrogen-bond acceptors (Lipinski definition) is 3. The number of benzene rings is 1. The lowest BCUT2D eigenvalue weighted by atomic mass is 9.93. The van der Waals surface area contributed by atoms with E-state index < -0.39 is 6.10 Å². The molecule has 6 heteroatoms. The number of piperidine rings is 1. The monoisotopic (exact) mass is 373 g/mol. The molecule has 1 saturated carbocycles. The van der Waals surface area contributed by atoms with Crippen molar-refractivity contribution >= 4 is 17.6 Å². The van der Waals surface area contributed by atoms with Gasteiger partial charge in [-0.15, -0.1) is 0 Å². The summed E-state index contributed by atoms with van der Waals surface area (Å²) in [6.45, 7) is 5.74. The summed E-state index contributed by atoms with van der Waals surface area (Å²) in [4.78, 5) is 26.9. The van der Waals surface area contributed by atoms with Crippen molar-refractivity contribution in [1.29, 1.82) is 0 Å². The molecule has 1 aromatic carbocycles. The van der Waals surface area contributed by atoms with E-state index in [0.29, 0.717) is 17.2 Å². The molecule has 0 spiro atoms. The Labute approximate surface area is 161 Å². The van der Waals surface area contributed by atoms with Crippen LogP contribution in [0.4, 0.5) is 10.5 Å². The van der Waals surface area contributed by atoms with Crippen LogP contribution in [0.3, 0.4) is 0 Å². The zero-order valence-corrected chi connectivity index (χ0v) is 16.3. The van der Waals surface area contributed by atoms with Crippen molar-refractivity contribution in [3.8, 4) is 0 Å². The van der Waals surface area contributed by atoms with E-state index >= 15 is 0 Å². The number of rotatable bonds is 3. The first-order valence-electron chi connectivity index (χ1n) is 10.1. The van der Waals surface area contributed by atoms with Gasteiger partial charge in [0.15, 0.2) is 0 Å². The minimum absolute atomic E-state index is 0.0614. The van der Waals surface area contributed by atoms with Crippen LogP contribution in [0.15, 0.2) is 18.2 Å². The number of aryl methyl sites for hydroxylation is 1. The molecular weight excluding hydrogens is 342 g/mol. The van der Waals surface area contributed by atoms with Gasteiger partial charge >= 0.3 is 6.03 Å². The molecule has 2 fully saturated rings. The van der Waals surface area contributed by atoms with Crippen LogP contribution in [0.1, 0.15) is 61.4 Å². The van der Waals surface area contributed by atoms with Gasteiger partial charge < -0.3 is 20.6 Å². The third kappa shape index (κ3) is 5.01. The minimum atomic E-state index is -0.474. The molecule has 27 heavy (non-hydrogen) atoms. The van der Waals surface area contributed by atoms with Gasteiger partial charge in [0, 0.05) is 24.3 Å². The van der Waals surface area contributed by atoms with Crippen LogP contribution in [0.2, 0.25) is 0 Å². The van der Waals surface area contributed by atoms with E-state index in [1.165, 1.54) is 0 Å². The van der Waals surface area contributed by atoms with Crippen molar-refractivity contribution in [2.24, 2.45) is 5.92 Å². The summed E-state index contributed by atoms with van der Waals surface area (Å²) in [6.07, 6.45) is 5.19. The number of carbonyl (C=O) groups excluding carboxylic acids is 2. The van der Waals surface area contributed by atoms with Gasteiger partial charge in [-0.3, -0.25) is 4.79 Å². The lowest BCUT2D eigenvalue weighted by molar-refractivity contribution is 0.0697. The van der Waals surface area contributed by atoms with Crippen molar-refractivity contribution in [3.63, 3.8) is 0 Å². The molecule has 148 valence electrons. The van der Waals surface area contributed by atoms with Crippen LogP contribution < -0.4 is 10.6 Å². The topological polar surface area (TPSA) is 81.7 Å². The summed E-state index contributed by atoms with van der Waals surface area (Å²) in [5, 5.41) is 15.7. The van der Waals surface area contributed by atoms with Gasteiger partial charge in [0.25, 0.3) is 5.91 Å². The number of aliphatic hydroxyl groups excluding tert-OH is 1. The van der Waals surface area contributed by atoms with E-state index in [4.69, 9.17) is 0 Å². The molecule has 1 saturated heterocycles. The van der Waals surface area contributed by atoms with Crippen LogP contribution >= 0.6 is 0 Å². The zero-order chi connectivity index (χ0) is 19.4. The van der Waals surface area contributed by atoms with Gasteiger partial charge in [0.05, 0.1) is 12.1 Å². The fourth-order valence-electron chi connectivity index (χ4n) is 3.94. The SMILES string of the molecule is Cc1cc(C(=O)N2CCC(C)CC2)ccc1NC(=O)NC1CCCCC1O. The van der Waals surface area contributed by atoms with E-state index in [9.17, 15) is 14.7 Å². The fraction of sp³-hybridized carbons (Fsp3) is 0.619. The molecule has 0 aromatic heterocycles. The van der Waals surface area contributed by atoms with Gasteiger partial charge in [-0.05, 0) is 62.3 Å². The van der Waals surface area contributed by atoms with Crippen LogP contribution in [0.25, 0.3) is 0 Å². The highest BCUT2D eigenvalue weighted by Gasteiger charge is 2.25. The summed E-state index contributed by atoms with van der Waals surface area (Å²) in [6, 6.07) is 4.89. The van der Waals surface area contributed by atoms with Crippen molar-refractivity contribution in [3.05, 3.63) is 29.3 Å². The van der Waals surface area contributed by atoms with Crippen molar-refractivity contribution in [2.45, 2.75) is 64.5 Å². The Morgan fingerprint density at radius 2 is 1.81 bits per heavy atom. The van der Waals surface area contributed by atoms with Gasteiger partial charge in [0.1, 0.15) is 0 Å². The number of anilines is 1. The van der Waals surface area contributed by atoms with Gasteiger partial charge in [0.2, 0.25) is 0 Å². The highest BCUT2D eigenvalue weighted by molar-refractivity contribution is 5.96. The van der Waals surface area contributed by atoms with Crippen LogP contribution in [0, 0.1) is 12.8 Å². The number of nitrogens with zero attached hydrogens (tertiary/aromatic N) is 1. The first kappa shape index (κ1) is 19.7. The Balaban J connectivity index is 1.59. The average Bonchev–Trinajstić information content (AvgIpc) is 2.65. The summed E-state index contributed by atoms with van der Waals surface area (Å²) < 4.78 is 0. The lowest BCUT2D eigenvalue weighted by Crippen LogP contribution is -2.46. The van der Waals surface area contributed by atoms with E-state index in [1.54, 1.807) is 12.1 Å². The molecule has 0 bridgehead atoms. The third-order valence-electron chi connectivity index (χ3n) is 5.84. The predicted octanol–water partition coefficient (Wildman–Crippen LogP) is 3.29. The van der Waals surface area contributed by atoms with Crippen molar-refractivity contribution in [2.75, 3.05) is 18.4 Å². The normalized spacial score (nSPS) is 23.7. The third-order valence-corrected chi connectivity index (χ3v) is 5.84. The summed E-state index contributed by atoms with van der Waals surface area (Å²) in [5.41, 5.74) is 2.20. The maximum Gasteiger partial charge on any atom is 0.319 e. The van der Waals surface area contributed by atoms with Crippen LogP contribution in [0.5, 0.6) is 0 Å². The number of aliphatic hydroxyl groups is 1. The maximum absolute atomic E-state index is 12.7. The maximum atomic E-state index is 12.7. The molecule has 0 radical (unpaired) electrons. The molecule has 2 unspecified atom stereocenters. The summed E-state index contributed by atoms with van der Waals surface area (Å²) >= 11 is 0. The number of carbonyl (C=O) groups is 2. The number of nitrogens with one attached hydrogen (secondary N) is 2. The molecule has 3 rings (SSSR count). The van der Waals surface area contributed by atoms with E-state index in [1.807, 2.05) is 17.9 Å². The number of hydrogen-bond donors (Lipinski definition) is 3. The molecule has 1 heterocycles. The standard InChI is InChI=1S/C21H31N3O3/c1-14-9-11-24(12-10-14)20(26)16-7-8-17(15(2)13-16)22-21(27)23-18-5-3-4-6-19(18)25/h7-8,13-14,18-19,25H,3-6,9-12H2,1-2H3,(H2,22,23,27). The Hall–Kier alpha value is -2.08. The van der Waals surface area contributed by atoms with Gasteiger partial charge in [-0.1, -0.05) is 19.8 Å². The Bertz CT molecular complexity index is 683. The van der Waals surface area contributed by atoms with Crippen LogP contribution in [-0.4, -0.2) is 47.2 Å². The smallest absolute Gasteiger partial charge is 0.319 e. The second-order valence-electron chi connectivity index (χ2n) is 8.06. The molecule has 3 amide bonds. The Kier molecular flexibility index (Phi) is 6.37. The Morgan fingerprint density at radius 1 is 1.11 bits per heavy atom. The second-order valence-corrected chi connectivity index (χ2v) is 8.06. The Morgan fingerprint density at radius 3 is 2.48 bits per heavy atom. The number of likely N-dealkylation sites (tertiary alicyclic amines) is 1. The molecule has 2 atom stereocenters. The molecular formula is C21H31N3O3. The fourth-order valence-corrected chi connectivity index (χ4v) is 3.94. The largest absolute Gasteiger partial charge is 0.391 e. The average molecular weight is 373 g/mol. The van der Waals surface area contributed by atoms with Crippen LogP contribution in [-0.2, 0) is 0 Å². The van der Waals surface area contributed by atoms with Gasteiger partial charge in [-0.2, -0.15) is 0 Å². The van der Waals surface area contributed by atoms with Crippen molar-refractivity contribution < 1.29 is 14.7 Å². The van der Waals surface area contributed by atoms with Crippen molar-refractivity contribution in [1.82, 2.24) is 10.2 Å². The molecule has 1 aliphatic heterocycles. The number of amides is 3. The molecule has 1 aromatic rings. The number of urea groups is 1. The highest BCUT2D eigenvalue weighted by Crippen LogP contribution is 2.22. The van der Waals surface area contributed by atoms with E-state index in [0.717, 1.165) is 57.2 Å². The molecule has 6 nitrogen and oxygen atoms in total. The second kappa shape index (κ2) is 8.74. The highest BCUT2D eigenvalue weighted by atomic mass is 16.3. The summed E-state index contributed by atoms with van der Waals surface area (Å²) in [7, 11) is 0. The molecule has 2 aliphatic rings. The lowest BCUT2D eigenvalue weighted by Gasteiger charge is -2.30. The molecule has 1 aliphatic carbocycles. The first-order chi connectivity index (χ1) is 12.9. The minimum Gasteiger partial charge on any atom is -0.391 e. The quantitative estimate of drug-likeness (QED) is 0.760. The summed E-state index contributed by atoms with van der Waals surface area (Å²) in [5.74, 6) is 0.745. The van der Waals surface area contributed by atoms with E-state index in [-0.39, 0.29) is 18.0 Å². The van der Waals surface area contributed by atoms with E-state index in [2.05, 4.69) is 17.6 Å². The van der Waals surface area contributed by atoms with Gasteiger partial charge in [-0.25, -0.2) is 4.79 Å². The molecule has 3 N–H and O–H groups in total. The zero-order valence-electron chi connectivity index (χ0n) is 16.3. The first-order valence-corrected chi connectivity index (χ1v) is 10.1.